The molecule has 2 nitrogen and oxygen atoms in total. The third kappa shape index (κ3) is 3.72. The first-order valence-corrected chi connectivity index (χ1v) is 13.9. The van der Waals surface area contributed by atoms with Crippen LogP contribution in [0.15, 0.2) is 144 Å². The molecule has 0 aliphatic carbocycles. The Labute approximate surface area is 232 Å². The molecule has 0 bridgehead atoms. The van der Waals surface area contributed by atoms with Gasteiger partial charge in [-0.1, -0.05) is 103 Å². The molecule has 0 spiro atoms. The predicted octanol–water partition coefficient (Wildman–Crippen LogP) is 10.1. The van der Waals surface area contributed by atoms with Crippen LogP contribution >= 0.6 is 0 Å². The zero-order valence-electron chi connectivity index (χ0n) is 22.0. The molecular formula is C38H27NO. The van der Waals surface area contributed by atoms with Crippen LogP contribution in [0, 0.1) is 0 Å². The van der Waals surface area contributed by atoms with Gasteiger partial charge in [-0.3, -0.25) is 0 Å². The van der Waals surface area contributed by atoms with Crippen LogP contribution in [0.3, 0.4) is 0 Å². The smallest absolute Gasteiger partial charge is 0.143 e. The van der Waals surface area contributed by atoms with E-state index in [1.807, 2.05) is 12.1 Å². The first-order chi connectivity index (χ1) is 19.8. The number of aryl methyl sites for hydroxylation is 2. The number of hydrogen-bond donors (Lipinski definition) is 0. The van der Waals surface area contributed by atoms with E-state index in [1.54, 1.807) is 0 Å². The van der Waals surface area contributed by atoms with Crippen LogP contribution in [-0.4, -0.2) is 4.57 Å². The van der Waals surface area contributed by atoms with Gasteiger partial charge in [0.15, 0.2) is 0 Å². The second kappa shape index (κ2) is 9.29. The zero-order valence-corrected chi connectivity index (χ0v) is 22.0. The first kappa shape index (κ1) is 22.9. The maximum Gasteiger partial charge on any atom is 0.143 e. The molecule has 0 aliphatic heterocycles. The molecule has 0 saturated heterocycles. The maximum atomic E-state index is 6.27. The summed E-state index contributed by atoms with van der Waals surface area (Å²) in [4.78, 5) is 0. The van der Waals surface area contributed by atoms with Crippen molar-refractivity contribution in [3.63, 3.8) is 0 Å². The molecule has 2 heteroatoms. The third-order valence-electron chi connectivity index (χ3n) is 8.12. The van der Waals surface area contributed by atoms with E-state index in [9.17, 15) is 0 Å². The van der Waals surface area contributed by atoms with Gasteiger partial charge in [0.05, 0.1) is 11.0 Å². The number of fused-ring (bicyclic) bond motifs is 6. The summed E-state index contributed by atoms with van der Waals surface area (Å²) < 4.78 is 8.64. The summed E-state index contributed by atoms with van der Waals surface area (Å²) >= 11 is 0. The molecule has 190 valence electrons. The quantitative estimate of drug-likeness (QED) is 0.224. The number of nitrogens with zero attached hydrogens (tertiary/aromatic N) is 1. The Bertz CT molecular complexity index is 2150. The van der Waals surface area contributed by atoms with Crippen molar-refractivity contribution in [1.29, 1.82) is 0 Å². The van der Waals surface area contributed by atoms with Crippen LogP contribution in [0.5, 0.6) is 0 Å². The van der Waals surface area contributed by atoms with Crippen molar-refractivity contribution in [3.8, 4) is 16.8 Å². The lowest BCUT2D eigenvalue weighted by Crippen LogP contribution is -1.94. The fraction of sp³-hybridized carbons (Fsp3) is 0.0526. The Balaban J connectivity index is 1.09. The Morgan fingerprint density at radius 1 is 0.475 bits per heavy atom. The second-order valence-corrected chi connectivity index (χ2v) is 10.5. The Hall–Kier alpha value is -5.08. The average Bonchev–Trinajstić information content (AvgIpc) is 3.56. The largest absolute Gasteiger partial charge is 0.455 e. The van der Waals surface area contributed by atoms with Crippen molar-refractivity contribution < 1.29 is 4.42 Å². The van der Waals surface area contributed by atoms with E-state index in [-0.39, 0.29) is 0 Å². The molecule has 8 aromatic rings. The van der Waals surface area contributed by atoms with E-state index in [4.69, 9.17) is 4.42 Å². The summed E-state index contributed by atoms with van der Waals surface area (Å²) in [6, 6.07) is 50.0. The summed E-state index contributed by atoms with van der Waals surface area (Å²) in [7, 11) is 0. The van der Waals surface area contributed by atoms with Gasteiger partial charge in [-0.15, -0.1) is 0 Å². The highest BCUT2D eigenvalue weighted by atomic mass is 16.3. The van der Waals surface area contributed by atoms with Crippen molar-refractivity contribution in [1.82, 2.24) is 4.57 Å². The predicted molar refractivity (Wildman–Crippen MR) is 167 cm³/mol. The fourth-order valence-corrected chi connectivity index (χ4v) is 6.14. The van der Waals surface area contributed by atoms with Crippen LogP contribution < -0.4 is 0 Å². The summed E-state index contributed by atoms with van der Waals surface area (Å²) in [5.41, 5.74) is 10.6. The summed E-state index contributed by atoms with van der Waals surface area (Å²) in [5.74, 6) is 0. The lowest BCUT2D eigenvalue weighted by Gasteiger charge is -2.08. The number of hydrogen-bond acceptors (Lipinski definition) is 1. The molecule has 8 rings (SSSR count). The monoisotopic (exact) mass is 513 g/mol. The van der Waals surface area contributed by atoms with Crippen LogP contribution in [-0.2, 0) is 12.8 Å². The van der Waals surface area contributed by atoms with Gasteiger partial charge in [-0.05, 0) is 65.9 Å². The molecule has 0 unspecified atom stereocenters. The molecule has 0 saturated carbocycles. The molecule has 0 aliphatic rings. The van der Waals surface area contributed by atoms with Crippen molar-refractivity contribution in [3.05, 3.63) is 151 Å². The Morgan fingerprint density at radius 2 is 1.15 bits per heavy atom. The lowest BCUT2D eigenvalue weighted by atomic mass is 9.98. The minimum absolute atomic E-state index is 0.936. The topological polar surface area (TPSA) is 18.1 Å². The zero-order chi connectivity index (χ0) is 26.5. The molecule has 40 heavy (non-hydrogen) atoms. The van der Waals surface area contributed by atoms with Crippen molar-refractivity contribution in [2.45, 2.75) is 12.8 Å². The van der Waals surface area contributed by atoms with E-state index < -0.39 is 0 Å². The fourth-order valence-electron chi connectivity index (χ4n) is 6.14. The van der Waals surface area contributed by atoms with E-state index in [0.717, 1.165) is 29.6 Å². The summed E-state index contributed by atoms with van der Waals surface area (Å²) in [6.45, 7) is 0. The van der Waals surface area contributed by atoms with E-state index in [2.05, 4.69) is 132 Å². The molecular weight excluding hydrogens is 486 g/mol. The number of furan rings is 1. The van der Waals surface area contributed by atoms with Gasteiger partial charge in [0.2, 0.25) is 0 Å². The summed E-state index contributed by atoms with van der Waals surface area (Å²) in [5, 5.41) is 4.94. The van der Waals surface area contributed by atoms with Crippen LogP contribution in [0.1, 0.15) is 11.1 Å². The first-order valence-electron chi connectivity index (χ1n) is 13.9. The summed E-state index contributed by atoms with van der Waals surface area (Å²) in [6.07, 6.45) is 2.00. The standard InChI is InChI=1S/C38H27NO/c1-2-9-29(10-3-1)39-35-15-6-4-11-31(35)34-25-27(21-24-36(34)39)18-17-26-19-22-28(23-20-26)30-13-8-14-33-32-12-5-7-16-37(32)40-38(30)33/h1-16,19-25H,17-18H2. The van der Waals surface area contributed by atoms with Gasteiger partial charge < -0.3 is 8.98 Å². The van der Waals surface area contributed by atoms with Crippen LogP contribution in [0.25, 0.3) is 60.6 Å². The highest BCUT2D eigenvalue weighted by Gasteiger charge is 2.13. The van der Waals surface area contributed by atoms with E-state index >= 15 is 0 Å². The number of para-hydroxylation sites is 4. The minimum Gasteiger partial charge on any atom is -0.455 e. The Kier molecular flexibility index (Phi) is 5.31. The molecule has 0 N–H and O–H groups in total. The van der Waals surface area contributed by atoms with Crippen molar-refractivity contribution in [2.75, 3.05) is 0 Å². The van der Waals surface area contributed by atoms with Gasteiger partial charge >= 0.3 is 0 Å². The van der Waals surface area contributed by atoms with E-state index in [1.165, 1.54) is 55.0 Å². The van der Waals surface area contributed by atoms with Crippen molar-refractivity contribution in [2.24, 2.45) is 0 Å². The average molecular weight is 514 g/mol. The maximum absolute atomic E-state index is 6.27. The highest BCUT2D eigenvalue weighted by molar-refractivity contribution is 6.10. The molecule has 0 amide bonds. The van der Waals surface area contributed by atoms with Crippen molar-refractivity contribution >= 4 is 43.7 Å². The SMILES string of the molecule is c1ccc(-n2c3ccccc3c3cc(CCc4ccc(-c5cccc6c5oc5ccccc56)cc4)ccc32)cc1. The Morgan fingerprint density at radius 3 is 2.02 bits per heavy atom. The van der Waals surface area contributed by atoms with Gasteiger partial charge in [0.1, 0.15) is 11.2 Å². The van der Waals surface area contributed by atoms with Gasteiger partial charge in [-0.2, -0.15) is 0 Å². The van der Waals surface area contributed by atoms with Gasteiger partial charge in [0, 0.05) is 32.8 Å². The third-order valence-corrected chi connectivity index (χ3v) is 8.12. The number of aromatic nitrogens is 1. The van der Waals surface area contributed by atoms with Crippen LogP contribution in [0.2, 0.25) is 0 Å². The lowest BCUT2D eigenvalue weighted by molar-refractivity contribution is 0.670. The van der Waals surface area contributed by atoms with Gasteiger partial charge in [-0.25, -0.2) is 0 Å². The molecule has 0 atom stereocenters. The molecule has 0 radical (unpaired) electrons. The van der Waals surface area contributed by atoms with Gasteiger partial charge in [0.25, 0.3) is 0 Å². The normalized spacial score (nSPS) is 11.7. The number of rotatable bonds is 5. The molecule has 6 aromatic carbocycles. The molecule has 0 fully saturated rings. The highest BCUT2D eigenvalue weighted by Crippen LogP contribution is 2.36. The minimum atomic E-state index is 0.936. The molecule has 2 heterocycles. The second-order valence-electron chi connectivity index (χ2n) is 10.5. The van der Waals surface area contributed by atoms with E-state index in [0.29, 0.717) is 0 Å². The molecule has 2 aromatic heterocycles. The number of benzene rings is 6. The van der Waals surface area contributed by atoms with Crippen LogP contribution in [0.4, 0.5) is 0 Å².